The first-order chi connectivity index (χ1) is 8.97. The van der Waals surface area contributed by atoms with Gasteiger partial charge in [0.2, 0.25) is 10.0 Å². The summed E-state index contributed by atoms with van der Waals surface area (Å²) < 4.78 is 26.7. The molecule has 0 radical (unpaired) electrons. The summed E-state index contributed by atoms with van der Waals surface area (Å²) in [6.45, 7) is 4.84. The highest BCUT2D eigenvalue weighted by molar-refractivity contribution is 7.89. The molecule has 112 valence electrons. The van der Waals surface area contributed by atoms with Crippen LogP contribution in [0.2, 0.25) is 10.0 Å². The van der Waals surface area contributed by atoms with E-state index < -0.39 is 27.4 Å². The quantitative estimate of drug-likeness (QED) is 0.883. The van der Waals surface area contributed by atoms with Crippen molar-refractivity contribution >= 4 is 39.2 Å². The summed E-state index contributed by atoms with van der Waals surface area (Å²) >= 11 is 11.7. The van der Waals surface area contributed by atoms with E-state index in [9.17, 15) is 13.2 Å². The van der Waals surface area contributed by atoms with Crippen molar-refractivity contribution < 1.29 is 18.3 Å². The van der Waals surface area contributed by atoms with Crippen LogP contribution in [0.3, 0.4) is 0 Å². The SMILES string of the molecule is CC(C)(C)[C@@H](NS(=O)(=O)c1c(Cl)cccc1Cl)C(=O)O. The molecule has 0 aliphatic rings. The van der Waals surface area contributed by atoms with E-state index in [2.05, 4.69) is 4.72 Å². The van der Waals surface area contributed by atoms with Gasteiger partial charge in [-0.3, -0.25) is 4.79 Å². The van der Waals surface area contributed by atoms with Gasteiger partial charge in [-0.2, -0.15) is 4.72 Å². The second-order valence-electron chi connectivity index (χ2n) is 5.31. The molecule has 1 aromatic rings. The minimum atomic E-state index is -4.14. The molecule has 8 heteroatoms. The second kappa shape index (κ2) is 5.89. The molecule has 0 saturated carbocycles. The highest BCUT2D eigenvalue weighted by Gasteiger charge is 2.36. The minimum absolute atomic E-state index is 0.0666. The van der Waals surface area contributed by atoms with Crippen LogP contribution in [0.4, 0.5) is 0 Å². The molecule has 1 aromatic carbocycles. The zero-order valence-electron chi connectivity index (χ0n) is 11.1. The number of nitrogens with one attached hydrogen (secondary N) is 1. The normalized spacial score (nSPS) is 14.1. The molecule has 0 amide bonds. The Kier molecular flexibility index (Phi) is 5.08. The third kappa shape index (κ3) is 3.85. The number of carboxylic acid groups (broad SMARTS) is 1. The van der Waals surface area contributed by atoms with Crippen molar-refractivity contribution in [2.45, 2.75) is 31.7 Å². The lowest BCUT2D eigenvalue weighted by Gasteiger charge is -2.27. The predicted octanol–water partition coefficient (Wildman–Crippen LogP) is 2.77. The first kappa shape index (κ1) is 17.2. The monoisotopic (exact) mass is 339 g/mol. The molecule has 0 aromatic heterocycles. The van der Waals surface area contributed by atoms with Crippen molar-refractivity contribution in [1.82, 2.24) is 4.72 Å². The van der Waals surface area contributed by atoms with Gasteiger partial charge >= 0.3 is 5.97 Å². The number of rotatable bonds is 4. The Bertz CT molecular complexity index is 603. The summed E-state index contributed by atoms with van der Waals surface area (Å²) in [7, 11) is -4.14. The number of sulfonamides is 1. The van der Waals surface area contributed by atoms with Gasteiger partial charge in [0.25, 0.3) is 0 Å². The maximum atomic E-state index is 12.3. The number of halogens is 2. The maximum Gasteiger partial charge on any atom is 0.322 e. The minimum Gasteiger partial charge on any atom is -0.480 e. The van der Waals surface area contributed by atoms with Crippen LogP contribution in [-0.2, 0) is 14.8 Å². The van der Waals surface area contributed by atoms with Crippen LogP contribution in [0.1, 0.15) is 20.8 Å². The molecule has 0 saturated heterocycles. The van der Waals surface area contributed by atoms with E-state index in [4.69, 9.17) is 28.3 Å². The lowest BCUT2D eigenvalue weighted by atomic mass is 9.88. The van der Waals surface area contributed by atoms with Gasteiger partial charge in [-0.05, 0) is 17.5 Å². The summed E-state index contributed by atoms with van der Waals surface area (Å²) in [6, 6.07) is 2.94. The Hall–Kier alpha value is -0.820. The summed E-state index contributed by atoms with van der Waals surface area (Å²) in [5, 5.41) is 9.03. The Labute approximate surface area is 127 Å². The molecule has 0 fully saturated rings. The lowest BCUT2D eigenvalue weighted by molar-refractivity contribution is -0.141. The summed E-state index contributed by atoms with van der Waals surface area (Å²) in [5.41, 5.74) is -0.813. The molecule has 20 heavy (non-hydrogen) atoms. The Morgan fingerprint density at radius 1 is 1.25 bits per heavy atom. The molecule has 0 heterocycles. The zero-order valence-corrected chi connectivity index (χ0v) is 13.5. The molecule has 0 spiro atoms. The maximum absolute atomic E-state index is 12.3. The van der Waals surface area contributed by atoms with E-state index in [1.54, 1.807) is 20.8 Å². The molecule has 2 N–H and O–H groups in total. The van der Waals surface area contributed by atoms with Crippen LogP contribution >= 0.6 is 23.2 Å². The van der Waals surface area contributed by atoms with Crippen molar-refractivity contribution in [2.75, 3.05) is 0 Å². The summed E-state index contributed by atoms with van der Waals surface area (Å²) in [6.07, 6.45) is 0. The highest BCUT2D eigenvalue weighted by atomic mass is 35.5. The van der Waals surface area contributed by atoms with Crippen molar-refractivity contribution in [2.24, 2.45) is 5.41 Å². The van der Waals surface area contributed by atoms with Gasteiger partial charge in [0, 0.05) is 0 Å². The van der Waals surface area contributed by atoms with E-state index >= 15 is 0 Å². The van der Waals surface area contributed by atoms with E-state index in [1.165, 1.54) is 18.2 Å². The van der Waals surface area contributed by atoms with Gasteiger partial charge in [0.15, 0.2) is 0 Å². The fourth-order valence-corrected chi connectivity index (χ4v) is 4.09. The average molecular weight is 340 g/mol. The summed E-state index contributed by atoms with van der Waals surface area (Å²) in [5.74, 6) is -1.27. The Balaban J connectivity index is 3.28. The van der Waals surface area contributed by atoms with Gasteiger partial charge in [-0.25, -0.2) is 8.42 Å². The molecular formula is C12H15Cl2NO4S. The molecule has 0 aliphatic heterocycles. The van der Waals surface area contributed by atoms with E-state index in [-0.39, 0.29) is 14.9 Å². The third-order valence-corrected chi connectivity index (χ3v) is 4.95. The van der Waals surface area contributed by atoms with Crippen LogP contribution in [-0.4, -0.2) is 25.5 Å². The van der Waals surface area contributed by atoms with Gasteiger partial charge in [0.05, 0.1) is 10.0 Å². The van der Waals surface area contributed by atoms with E-state index in [0.717, 1.165) is 0 Å². The highest BCUT2D eigenvalue weighted by Crippen LogP contribution is 2.30. The lowest BCUT2D eigenvalue weighted by Crippen LogP contribution is -2.49. The average Bonchev–Trinajstić information content (AvgIpc) is 2.23. The largest absolute Gasteiger partial charge is 0.480 e. The number of aliphatic carboxylic acids is 1. The van der Waals surface area contributed by atoms with E-state index in [1.807, 2.05) is 0 Å². The van der Waals surface area contributed by atoms with Crippen molar-refractivity contribution in [3.05, 3.63) is 28.2 Å². The Morgan fingerprint density at radius 3 is 2.05 bits per heavy atom. The molecule has 1 rings (SSSR count). The summed E-state index contributed by atoms with van der Waals surface area (Å²) in [4.78, 5) is 10.9. The topological polar surface area (TPSA) is 83.5 Å². The first-order valence-corrected chi connectivity index (χ1v) is 7.90. The molecular weight excluding hydrogens is 325 g/mol. The fraction of sp³-hybridized carbons (Fsp3) is 0.417. The zero-order chi connectivity index (χ0) is 15.7. The molecule has 5 nitrogen and oxygen atoms in total. The van der Waals surface area contributed by atoms with Gasteiger partial charge in [-0.15, -0.1) is 0 Å². The van der Waals surface area contributed by atoms with Crippen LogP contribution in [0.15, 0.2) is 23.1 Å². The van der Waals surface area contributed by atoms with Crippen LogP contribution in [0.25, 0.3) is 0 Å². The fourth-order valence-electron chi connectivity index (χ4n) is 1.55. The number of hydrogen-bond donors (Lipinski definition) is 2. The van der Waals surface area contributed by atoms with Crippen molar-refractivity contribution in [3.63, 3.8) is 0 Å². The Morgan fingerprint density at radius 2 is 1.70 bits per heavy atom. The van der Waals surface area contributed by atoms with Crippen LogP contribution < -0.4 is 4.72 Å². The third-order valence-electron chi connectivity index (χ3n) is 2.57. The molecule has 1 atom stereocenters. The van der Waals surface area contributed by atoms with Crippen molar-refractivity contribution in [3.8, 4) is 0 Å². The van der Waals surface area contributed by atoms with Crippen LogP contribution in [0.5, 0.6) is 0 Å². The first-order valence-electron chi connectivity index (χ1n) is 5.66. The van der Waals surface area contributed by atoms with Crippen LogP contribution in [0, 0.1) is 5.41 Å². The standard InChI is InChI=1S/C12H15Cl2NO4S/c1-12(2,3)10(11(16)17)15-20(18,19)9-7(13)5-4-6-8(9)14/h4-6,10,15H,1-3H3,(H,16,17)/t10-/m0/s1. The number of benzene rings is 1. The number of hydrogen-bond acceptors (Lipinski definition) is 3. The van der Waals surface area contributed by atoms with Gasteiger partial charge in [-0.1, -0.05) is 50.0 Å². The molecule has 0 bridgehead atoms. The molecule has 0 aliphatic carbocycles. The van der Waals surface area contributed by atoms with Gasteiger partial charge in [0.1, 0.15) is 10.9 Å². The van der Waals surface area contributed by atoms with Gasteiger partial charge < -0.3 is 5.11 Å². The van der Waals surface area contributed by atoms with E-state index in [0.29, 0.717) is 0 Å². The number of carboxylic acids is 1. The molecule has 0 unspecified atom stereocenters. The van der Waals surface area contributed by atoms with Crippen molar-refractivity contribution in [1.29, 1.82) is 0 Å². The second-order valence-corrected chi connectivity index (χ2v) is 7.77. The number of carbonyl (C=O) groups is 1. The smallest absolute Gasteiger partial charge is 0.322 e. The predicted molar refractivity (Wildman–Crippen MR) is 77.7 cm³/mol.